The van der Waals surface area contributed by atoms with Crippen LogP contribution in [-0.4, -0.2) is 20.5 Å². The van der Waals surface area contributed by atoms with Crippen molar-refractivity contribution in [1.29, 1.82) is 0 Å². The van der Waals surface area contributed by atoms with Gasteiger partial charge in [0.05, 0.1) is 11.1 Å². The first-order chi connectivity index (χ1) is 14.1. The maximum atomic E-state index is 12.8. The van der Waals surface area contributed by atoms with Gasteiger partial charge >= 0.3 is 5.97 Å². The van der Waals surface area contributed by atoms with Crippen molar-refractivity contribution >= 4 is 22.1 Å². The van der Waals surface area contributed by atoms with E-state index in [1.165, 1.54) is 11.3 Å². The number of thiazole rings is 1. The summed E-state index contributed by atoms with van der Waals surface area (Å²) in [4.78, 5) is 28.8. The van der Waals surface area contributed by atoms with E-state index in [-0.39, 0.29) is 11.1 Å². The summed E-state index contributed by atoms with van der Waals surface area (Å²) in [5.41, 5.74) is 3.48. The summed E-state index contributed by atoms with van der Waals surface area (Å²) in [5.74, 6) is 5.39. The quantitative estimate of drug-likeness (QED) is 0.531. The molecule has 4 rings (SSSR count). The van der Waals surface area contributed by atoms with Crippen LogP contribution in [0.3, 0.4) is 0 Å². The van der Waals surface area contributed by atoms with Crippen molar-refractivity contribution in [2.45, 2.75) is 12.8 Å². The largest absolute Gasteiger partial charge is 0.478 e. The SMILES string of the molecule is O=C(O)c1ccc(Cc2cc(C#CCc3cccnc3)c3sccn3c2=O)cc1. The van der Waals surface area contributed by atoms with Gasteiger partial charge in [-0.2, -0.15) is 0 Å². The van der Waals surface area contributed by atoms with Crippen LogP contribution in [0.5, 0.6) is 0 Å². The third kappa shape index (κ3) is 4.10. The lowest BCUT2D eigenvalue weighted by atomic mass is 10.0. The molecule has 3 heterocycles. The molecule has 1 N–H and O–H groups in total. The first-order valence-electron chi connectivity index (χ1n) is 8.93. The Labute approximate surface area is 170 Å². The summed E-state index contributed by atoms with van der Waals surface area (Å²) >= 11 is 1.48. The molecule has 0 fully saturated rings. The number of pyridine rings is 2. The van der Waals surface area contributed by atoms with Crippen LogP contribution < -0.4 is 5.56 Å². The van der Waals surface area contributed by atoms with Crippen molar-refractivity contribution in [3.8, 4) is 11.8 Å². The molecule has 142 valence electrons. The van der Waals surface area contributed by atoms with Gasteiger partial charge in [0, 0.05) is 42.4 Å². The van der Waals surface area contributed by atoms with Crippen LogP contribution in [0, 0.1) is 11.8 Å². The number of carboxylic acid groups (broad SMARTS) is 1. The van der Waals surface area contributed by atoms with Crippen LogP contribution >= 0.6 is 11.3 Å². The predicted molar refractivity (Wildman–Crippen MR) is 113 cm³/mol. The lowest BCUT2D eigenvalue weighted by Gasteiger charge is -2.05. The fourth-order valence-corrected chi connectivity index (χ4v) is 3.84. The van der Waals surface area contributed by atoms with E-state index in [9.17, 15) is 9.59 Å². The molecule has 0 unspecified atom stereocenters. The highest BCUT2D eigenvalue weighted by Gasteiger charge is 2.11. The molecule has 0 saturated heterocycles. The zero-order valence-electron chi connectivity index (χ0n) is 15.3. The summed E-state index contributed by atoms with van der Waals surface area (Å²) in [6.07, 6.45) is 6.26. The number of hydrogen-bond acceptors (Lipinski definition) is 4. The average molecular weight is 400 g/mol. The third-order valence-electron chi connectivity index (χ3n) is 4.48. The fraction of sp³-hybridized carbons (Fsp3) is 0.0870. The number of nitrogens with zero attached hydrogens (tertiary/aromatic N) is 2. The lowest BCUT2D eigenvalue weighted by Crippen LogP contribution is -2.17. The second-order valence-corrected chi connectivity index (χ2v) is 7.38. The van der Waals surface area contributed by atoms with E-state index < -0.39 is 5.97 Å². The third-order valence-corrected chi connectivity index (χ3v) is 5.38. The fourth-order valence-electron chi connectivity index (χ4n) is 3.03. The minimum absolute atomic E-state index is 0.0821. The van der Waals surface area contributed by atoms with Crippen LogP contribution in [0.15, 0.2) is 71.2 Å². The Kier molecular flexibility index (Phi) is 5.23. The van der Waals surface area contributed by atoms with Crippen LogP contribution in [0.2, 0.25) is 0 Å². The zero-order chi connectivity index (χ0) is 20.2. The van der Waals surface area contributed by atoms with Gasteiger partial charge in [-0.25, -0.2) is 4.79 Å². The normalized spacial score (nSPS) is 10.5. The first kappa shape index (κ1) is 18.7. The van der Waals surface area contributed by atoms with Crippen LogP contribution in [0.1, 0.15) is 32.6 Å². The summed E-state index contributed by atoms with van der Waals surface area (Å²) in [5, 5.41) is 10.9. The molecule has 3 aromatic heterocycles. The molecule has 6 heteroatoms. The highest BCUT2D eigenvalue weighted by molar-refractivity contribution is 7.15. The van der Waals surface area contributed by atoms with Gasteiger partial charge in [0.2, 0.25) is 0 Å². The van der Waals surface area contributed by atoms with E-state index in [4.69, 9.17) is 5.11 Å². The molecule has 0 radical (unpaired) electrons. The molecule has 0 aliphatic heterocycles. The highest BCUT2D eigenvalue weighted by Crippen LogP contribution is 2.18. The topological polar surface area (TPSA) is 71.7 Å². The Hall–Kier alpha value is -3.69. The first-order valence-corrected chi connectivity index (χ1v) is 9.81. The van der Waals surface area contributed by atoms with Gasteiger partial charge in [0.25, 0.3) is 5.56 Å². The molecule has 5 nitrogen and oxygen atoms in total. The molecule has 0 amide bonds. The van der Waals surface area contributed by atoms with Gasteiger partial charge in [-0.3, -0.25) is 14.2 Å². The number of benzene rings is 1. The standard InChI is InChI=1S/C23H16N2O3S/c26-21-20(13-16-6-8-18(9-7-16)23(27)28)14-19(22-25(21)11-12-29-22)5-1-3-17-4-2-10-24-15-17/h2,4,6-12,14-15H,3,13H2,(H,27,28). The van der Waals surface area contributed by atoms with Gasteiger partial charge in [-0.05, 0) is 35.4 Å². The van der Waals surface area contributed by atoms with Crippen LogP contribution in [0.25, 0.3) is 4.83 Å². The summed E-state index contributed by atoms with van der Waals surface area (Å²) in [6, 6.07) is 12.3. The Morgan fingerprint density at radius 2 is 2.00 bits per heavy atom. The molecule has 0 aliphatic rings. The van der Waals surface area contributed by atoms with Gasteiger partial charge in [-0.15, -0.1) is 11.3 Å². The molecular formula is C23H16N2O3S. The molecule has 0 bridgehead atoms. The van der Waals surface area contributed by atoms with Gasteiger partial charge in [0.1, 0.15) is 4.83 Å². The minimum atomic E-state index is -0.970. The van der Waals surface area contributed by atoms with Crippen LogP contribution in [-0.2, 0) is 12.8 Å². The summed E-state index contributed by atoms with van der Waals surface area (Å²) in [7, 11) is 0. The number of aromatic carboxylic acids is 1. The molecule has 0 saturated carbocycles. The average Bonchev–Trinajstić information content (AvgIpc) is 3.23. The van der Waals surface area contributed by atoms with Crippen molar-refractivity contribution in [1.82, 2.24) is 9.38 Å². The van der Waals surface area contributed by atoms with Gasteiger partial charge < -0.3 is 5.11 Å². The molecule has 0 spiro atoms. The molecule has 4 aromatic rings. The number of aromatic nitrogens is 2. The van der Waals surface area contributed by atoms with E-state index in [0.717, 1.165) is 21.5 Å². The molecule has 0 aliphatic carbocycles. The van der Waals surface area contributed by atoms with Crippen molar-refractivity contribution in [2.24, 2.45) is 0 Å². The molecule has 29 heavy (non-hydrogen) atoms. The Morgan fingerprint density at radius 1 is 1.17 bits per heavy atom. The lowest BCUT2D eigenvalue weighted by molar-refractivity contribution is 0.0697. The van der Waals surface area contributed by atoms with E-state index in [2.05, 4.69) is 16.8 Å². The molecule has 1 aromatic carbocycles. The zero-order valence-corrected chi connectivity index (χ0v) is 16.1. The minimum Gasteiger partial charge on any atom is -0.478 e. The highest BCUT2D eigenvalue weighted by atomic mass is 32.1. The molecule has 0 atom stereocenters. The maximum absolute atomic E-state index is 12.8. The number of fused-ring (bicyclic) bond motifs is 1. The monoisotopic (exact) mass is 400 g/mol. The summed E-state index contributed by atoms with van der Waals surface area (Å²) < 4.78 is 1.62. The van der Waals surface area contributed by atoms with Crippen LogP contribution in [0.4, 0.5) is 0 Å². The Bertz CT molecular complexity index is 1290. The van der Waals surface area contributed by atoms with E-state index in [0.29, 0.717) is 18.4 Å². The van der Waals surface area contributed by atoms with Crippen molar-refractivity contribution in [3.63, 3.8) is 0 Å². The smallest absolute Gasteiger partial charge is 0.335 e. The van der Waals surface area contributed by atoms with Crippen molar-refractivity contribution < 1.29 is 9.90 Å². The van der Waals surface area contributed by atoms with Gasteiger partial charge in [-0.1, -0.05) is 30.0 Å². The maximum Gasteiger partial charge on any atom is 0.335 e. The van der Waals surface area contributed by atoms with E-state index in [1.54, 1.807) is 47.3 Å². The molecular weight excluding hydrogens is 384 g/mol. The summed E-state index contributed by atoms with van der Waals surface area (Å²) in [6.45, 7) is 0. The Morgan fingerprint density at radius 3 is 2.72 bits per heavy atom. The second kappa shape index (κ2) is 8.13. The van der Waals surface area contributed by atoms with E-state index in [1.807, 2.05) is 23.6 Å². The van der Waals surface area contributed by atoms with E-state index >= 15 is 0 Å². The number of rotatable bonds is 4. The predicted octanol–water partition coefficient (Wildman–Crippen LogP) is 3.64. The number of carboxylic acids is 1. The van der Waals surface area contributed by atoms with Crippen molar-refractivity contribution in [2.75, 3.05) is 0 Å². The number of hydrogen-bond donors (Lipinski definition) is 1. The second-order valence-electron chi connectivity index (χ2n) is 6.49. The van der Waals surface area contributed by atoms with Gasteiger partial charge in [0.15, 0.2) is 0 Å². The Balaban J connectivity index is 1.67. The van der Waals surface area contributed by atoms with Crippen molar-refractivity contribution in [3.05, 3.63) is 105 Å². The number of carbonyl (C=O) groups is 1.